The van der Waals surface area contributed by atoms with E-state index in [0.717, 1.165) is 36.1 Å². The van der Waals surface area contributed by atoms with Crippen LogP contribution in [0.5, 0.6) is 0 Å². The third-order valence-electron chi connectivity index (χ3n) is 4.89. The number of nitriles is 1. The van der Waals surface area contributed by atoms with Crippen molar-refractivity contribution in [3.63, 3.8) is 0 Å². The molecule has 1 aliphatic carbocycles. The summed E-state index contributed by atoms with van der Waals surface area (Å²) in [6.45, 7) is 1.35. The highest BCUT2D eigenvalue weighted by molar-refractivity contribution is 5.70. The van der Waals surface area contributed by atoms with Gasteiger partial charge in [-0.1, -0.05) is 18.6 Å². The van der Waals surface area contributed by atoms with Gasteiger partial charge in [-0.3, -0.25) is 9.48 Å². The van der Waals surface area contributed by atoms with Gasteiger partial charge < -0.3 is 10.4 Å². The molecule has 0 saturated heterocycles. The van der Waals surface area contributed by atoms with Crippen LogP contribution in [0.3, 0.4) is 0 Å². The lowest BCUT2D eigenvalue weighted by Gasteiger charge is -2.16. The molecule has 0 bridgehead atoms. The van der Waals surface area contributed by atoms with E-state index in [0.29, 0.717) is 18.7 Å². The number of hydrogen-bond donors (Lipinski definition) is 2. The van der Waals surface area contributed by atoms with Crippen molar-refractivity contribution in [3.8, 4) is 17.3 Å². The summed E-state index contributed by atoms with van der Waals surface area (Å²) in [5.41, 5.74) is 3.55. The quantitative estimate of drug-likeness (QED) is 0.844. The number of carboxylic acid groups (broad SMARTS) is 1. The number of hydrogen-bond acceptors (Lipinski definition) is 4. The molecule has 0 spiro atoms. The summed E-state index contributed by atoms with van der Waals surface area (Å²) >= 11 is 0. The monoisotopic (exact) mass is 338 g/mol. The second kappa shape index (κ2) is 7.49. The Balaban J connectivity index is 1.67. The van der Waals surface area contributed by atoms with E-state index in [4.69, 9.17) is 5.26 Å². The smallest absolute Gasteiger partial charge is 0.306 e. The Kier molecular flexibility index (Phi) is 5.15. The Morgan fingerprint density at radius 1 is 1.40 bits per heavy atom. The van der Waals surface area contributed by atoms with Gasteiger partial charge in [-0.25, -0.2) is 0 Å². The highest BCUT2D eigenvalue weighted by Gasteiger charge is 2.32. The first kappa shape index (κ1) is 17.2. The minimum Gasteiger partial charge on any atom is -0.481 e. The summed E-state index contributed by atoms with van der Waals surface area (Å²) in [5, 5.41) is 26.1. The summed E-state index contributed by atoms with van der Waals surface area (Å²) in [6.07, 6.45) is 4.72. The van der Waals surface area contributed by atoms with Gasteiger partial charge in [0, 0.05) is 30.9 Å². The molecule has 1 aliphatic rings. The molecule has 1 aromatic heterocycles. The minimum atomic E-state index is -0.677. The third-order valence-corrected chi connectivity index (χ3v) is 4.89. The molecule has 130 valence electrons. The Hall–Kier alpha value is -2.65. The summed E-state index contributed by atoms with van der Waals surface area (Å²) in [5.74, 6) is -0.698. The number of carboxylic acids is 1. The molecule has 2 atom stereocenters. The van der Waals surface area contributed by atoms with Gasteiger partial charge in [0.25, 0.3) is 0 Å². The largest absolute Gasteiger partial charge is 0.481 e. The van der Waals surface area contributed by atoms with Gasteiger partial charge in [0.05, 0.1) is 23.2 Å². The minimum absolute atomic E-state index is 0.201. The number of rotatable bonds is 6. The SMILES string of the molecule is Cn1cc(CNCC2CCCC2C(=O)O)c(-c2ccc(C#N)cc2)n1. The van der Waals surface area contributed by atoms with E-state index in [1.165, 1.54) is 0 Å². The van der Waals surface area contributed by atoms with Crippen LogP contribution in [0, 0.1) is 23.2 Å². The van der Waals surface area contributed by atoms with Gasteiger partial charge >= 0.3 is 5.97 Å². The number of aromatic nitrogens is 2. The lowest BCUT2D eigenvalue weighted by atomic mass is 9.96. The van der Waals surface area contributed by atoms with Gasteiger partial charge in [-0.15, -0.1) is 0 Å². The van der Waals surface area contributed by atoms with Crippen molar-refractivity contribution in [1.82, 2.24) is 15.1 Å². The Labute approximate surface area is 147 Å². The molecule has 1 heterocycles. The van der Waals surface area contributed by atoms with Crippen LogP contribution in [-0.4, -0.2) is 27.4 Å². The fourth-order valence-electron chi connectivity index (χ4n) is 3.61. The Bertz CT molecular complexity index is 789. The van der Waals surface area contributed by atoms with Gasteiger partial charge in [-0.05, 0) is 37.4 Å². The zero-order valence-corrected chi connectivity index (χ0v) is 14.3. The van der Waals surface area contributed by atoms with Gasteiger partial charge in [0.2, 0.25) is 0 Å². The average Bonchev–Trinajstić information content (AvgIpc) is 3.22. The summed E-state index contributed by atoms with van der Waals surface area (Å²) in [6, 6.07) is 9.51. The van der Waals surface area contributed by atoms with Crippen LogP contribution < -0.4 is 5.32 Å². The van der Waals surface area contributed by atoms with Crippen LogP contribution in [0.2, 0.25) is 0 Å². The molecule has 0 aliphatic heterocycles. The molecule has 2 aromatic rings. The van der Waals surface area contributed by atoms with Gasteiger partial charge in [0.15, 0.2) is 0 Å². The molecular formula is C19H22N4O2. The maximum atomic E-state index is 11.3. The van der Waals surface area contributed by atoms with E-state index >= 15 is 0 Å². The lowest BCUT2D eigenvalue weighted by Crippen LogP contribution is -2.28. The van der Waals surface area contributed by atoms with E-state index in [1.54, 1.807) is 16.8 Å². The lowest BCUT2D eigenvalue weighted by molar-refractivity contribution is -0.142. The van der Waals surface area contributed by atoms with Crippen molar-refractivity contribution in [2.24, 2.45) is 18.9 Å². The van der Waals surface area contributed by atoms with Crippen molar-refractivity contribution in [2.75, 3.05) is 6.54 Å². The predicted octanol–water partition coefficient (Wildman–Crippen LogP) is 2.55. The first-order valence-corrected chi connectivity index (χ1v) is 8.55. The standard InChI is InChI=1S/C19H22N4O2/c1-23-12-16(11-21-10-15-3-2-4-17(15)19(24)25)18(22-23)14-7-5-13(9-20)6-8-14/h5-8,12,15,17,21H,2-4,10-11H2,1H3,(H,24,25). The number of benzene rings is 1. The van der Waals surface area contributed by atoms with Crippen molar-refractivity contribution in [1.29, 1.82) is 5.26 Å². The molecular weight excluding hydrogens is 316 g/mol. The van der Waals surface area contributed by atoms with Crippen LogP contribution >= 0.6 is 0 Å². The van der Waals surface area contributed by atoms with Crippen LogP contribution in [0.4, 0.5) is 0 Å². The Morgan fingerprint density at radius 3 is 2.84 bits per heavy atom. The average molecular weight is 338 g/mol. The van der Waals surface area contributed by atoms with Gasteiger partial charge in [-0.2, -0.15) is 10.4 Å². The Morgan fingerprint density at radius 2 is 2.16 bits per heavy atom. The van der Waals surface area contributed by atoms with E-state index in [-0.39, 0.29) is 11.8 Å². The third kappa shape index (κ3) is 3.89. The van der Waals surface area contributed by atoms with Gasteiger partial charge in [0.1, 0.15) is 0 Å². The topological polar surface area (TPSA) is 90.9 Å². The normalized spacial score (nSPS) is 19.7. The number of carbonyl (C=O) groups is 1. The van der Waals surface area contributed by atoms with E-state index in [1.807, 2.05) is 25.4 Å². The van der Waals surface area contributed by atoms with Crippen molar-refractivity contribution in [2.45, 2.75) is 25.8 Å². The molecule has 0 radical (unpaired) electrons. The van der Waals surface area contributed by atoms with Crippen molar-refractivity contribution < 1.29 is 9.90 Å². The number of nitrogens with zero attached hydrogens (tertiary/aromatic N) is 3. The van der Waals surface area contributed by atoms with E-state index in [2.05, 4.69) is 16.5 Å². The second-order valence-electron chi connectivity index (χ2n) is 6.63. The van der Waals surface area contributed by atoms with Crippen LogP contribution in [0.1, 0.15) is 30.4 Å². The molecule has 2 unspecified atom stereocenters. The number of aryl methyl sites for hydroxylation is 1. The van der Waals surface area contributed by atoms with Crippen molar-refractivity contribution >= 4 is 5.97 Å². The fourth-order valence-corrected chi connectivity index (χ4v) is 3.61. The maximum Gasteiger partial charge on any atom is 0.306 e. The van der Waals surface area contributed by atoms with Crippen LogP contribution in [-0.2, 0) is 18.4 Å². The summed E-state index contributed by atoms with van der Waals surface area (Å²) in [7, 11) is 1.88. The highest BCUT2D eigenvalue weighted by atomic mass is 16.4. The zero-order chi connectivity index (χ0) is 17.8. The molecule has 2 N–H and O–H groups in total. The highest BCUT2D eigenvalue weighted by Crippen LogP contribution is 2.31. The predicted molar refractivity (Wildman–Crippen MR) is 93.5 cm³/mol. The van der Waals surface area contributed by atoms with E-state index in [9.17, 15) is 9.90 Å². The summed E-state index contributed by atoms with van der Waals surface area (Å²) in [4.78, 5) is 11.3. The first-order valence-electron chi connectivity index (χ1n) is 8.55. The molecule has 0 amide bonds. The molecule has 1 aromatic carbocycles. The fraction of sp³-hybridized carbons (Fsp3) is 0.421. The number of nitrogens with one attached hydrogen (secondary N) is 1. The maximum absolute atomic E-state index is 11.3. The zero-order valence-electron chi connectivity index (χ0n) is 14.3. The molecule has 6 heteroatoms. The molecule has 1 fully saturated rings. The number of aliphatic carboxylic acids is 1. The molecule has 1 saturated carbocycles. The van der Waals surface area contributed by atoms with Crippen LogP contribution in [0.15, 0.2) is 30.5 Å². The van der Waals surface area contributed by atoms with E-state index < -0.39 is 5.97 Å². The molecule has 3 rings (SSSR count). The second-order valence-corrected chi connectivity index (χ2v) is 6.63. The molecule has 6 nitrogen and oxygen atoms in total. The van der Waals surface area contributed by atoms with Crippen molar-refractivity contribution in [3.05, 3.63) is 41.6 Å². The molecule has 25 heavy (non-hydrogen) atoms. The first-order chi connectivity index (χ1) is 12.1. The summed E-state index contributed by atoms with van der Waals surface area (Å²) < 4.78 is 1.78. The van der Waals surface area contributed by atoms with Crippen LogP contribution in [0.25, 0.3) is 11.3 Å².